The van der Waals surface area contributed by atoms with E-state index in [2.05, 4.69) is 0 Å². The maximum absolute atomic E-state index is 10.6. The molecule has 1 aliphatic heterocycles. The molecule has 0 spiro atoms. The van der Waals surface area contributed by atoms with Gasteiger partial charge in [0.05, 0.1) is 10.1 Å². The van der Waals surface area contributed by atoms with Gasteiger partial charge < -0.3 is 14.6 Å². The third kappa shape index (κ3) is 3.14. The minimum atomic E-state index is -4.14. The number of nitrogens with zero attached hydrogens (tertiary/aromatic N) is 1. The lowest BCUT2D eigenvalue weighted by molar-refractivity contribution is 0.458. The molecule has 1 N–H and O–H groups in total. The van der Waals surface area contributed by atoms with Crippen molar-refractivity contribution in [3.05, 3.63) is 23.8 Å². The average molecular weight is 270 g/mol. The van der Waals surface area contributed by atoms with Crippen molar-refractivity contribution in [2.75, 3.05) is 23.7 Å². The molecule has 0 unspecified atom stereocenters. The van der Waals surface area contributed by atoms with Crippen molar-refractivity contribution < 1.29 is 18.1 Å². The Morgan fingerprint density at radius 1 is 1.39 bits per heavy atom. The fourth-order valence-corrected chi connectivity index (χ4v) is 2.83. The molecule has 0 saturated carbocycles. The van der Waals surface area contributed by atoms with Gasteiger partial charge in [-0.05, 0) is 31.4 Å². The van der Waals surface area contributed by atoms with E-state index in [4.69, 9.17) is 0 Å². The number of rotatable bonds is 4. The summed E-state index contributed by atoms with van der Waals surface area (Å²) in [6.07, 6.45) is 2.08. The number of benzene rings is 1. The molecular formula is C12H16NO4S-. The average Bonchev–Trinajstić information content (AvgIpc) is 2.29. The van der Waals surface area contributed by atoms with Gasteiger partial charge in [0, 0.05) is 30.1 Å². The van der Waals surface area contributed by atoms with Crippen LogP contribution in [-0.2, 0) is 16.5 Å². The predicted octanol–water partition coefficient (Wildman–Crippen LogP) is 1.08. The van der Waals surface area contributed by atoms with Crippen molar-refractivity contribution in [2.24, 2.45) is 0 Å². The number of hydrogen-bond donors (Lipinski definition) is 1. The van der Waals surface area contributed by atoms with Crippen molar-refractivity contribution in [2.45, 2.75) is 19.3 Å². The van der Waals surface area contributed by atoms with Crippen LogP contribution in [0.15, 0.2) is 18.2 Å². The molecule has 2 rings (SSSR count). The highest BCUT2D eigenvalue weighted by atomic mass is 32.2. The lowest BCUT2D eigenvalue weighted by Crippen LogP contribution is -2.31. The fourth-order valence-electron chi connectivity index (χ4n) is 2.35. The van der Waals surface area contributed by atoms with Crippen LogP contribution in [0.3, 0.4) is 0 Å². The molecule has 0 saturated heterocycles. The van der Waals surface area contributed by atoms with Gasteiger partial charge in [0.15, 0.2) is 0 Å². The Labute approximate surface area is 107 Å². The van der Waals surface area contributed by atoms with Crippen LogP contribution in [0.1, 0.15) is 18.4 Å². The van der Waals surface area contributed by atoms with Crippen LogP contribution in [0.25, 0.3) is 0 Å². The standard InChI is InChI=1S/C12H17NO4S/c14-12-6-1-5-11-10(12)4-2-7-13(11)8-3-9-18(15,16)17/h1,5-6,14H,2-4,7-9H2,(H,15,16,17)/p-1. The Kier molecular flexibility index (Phi) is 3.77. The van der Waals surface area contributed by atoms with Crippen molar-refractivity contribution >= 4 is 15.8 Å². The largest absolute Gasteiger partial charge is 0.748 e. The molecule has 1 aromatic carbocycles. The fraction of sp³-hybridized carbons (Fsp3) is 0.500. The van der Waals surface area contributed by atoms with Gasteiger partial charge >= 0.3 is 0 Å². The van der Waals surface area contributed by atoms with E-state index in [0.717, 1.165) is 30.6 Å². The van der Waals surface area contributed by atoms with Crippen LogP contribution in [0.5, 0.6) is 5.75 Å². The molecule has 0 amide bonds. The zero-order valence-electron chi connectivity index (χ0n) is 10.0. The van der Waals surface area contributed by atoms with E-state index in [1.54, 1.807) is 12.1 Å². The molecule has 0 atom stereocenters. The van der Waals surface area contributed by atoms with E-state index in [9.17, 15) is 18.1 Å². The molecule has 0 bridgehead atoms. The maximum Gasteiger partial charge on any atom is 0.120 e. The molecule has 0 fully saturated rings. The zero-order valence-corrected chi connectivity index (χ0v) is 10.8. The van der Waals surface area contributed by atoms with Crippen molar-refractivity contribution in [3.8, 4) is 5.75 Å². The summed E-state index contributed by atoms with van der Waals surface area (Å²) in [6, 6.07) is 5.35. The highest BCUT2D eigenvalue weighted by molar-refractivity contribution is 7.85. The summed E-state index contributed by atoms with van der Waals surface area (Å²) in [5.41, 5.74) is 1.86. The smallest absolute Gasteiger partial charge is 0.120 e. The lowest BCUT2D eigenvalue weighted by atomic mass is 10.0. The Bertz CT molecular complexity index is 527. The summed E-state index contributed by atoms with van der Waals surface area (Å²) in [5, 5.41) is 9.76. The third-order valence-corrected chi connectivity index (χ3v) is 3.93. The predicted molar refractivity (Wildman–Crippen MR) is 67.8 cm³/mol. The molecule has 1 aromatic rings. The number of fused-ring (bicyclic) bond motifs is 1. The third-order valence-electron chi connectivity index (χ3n) is 3.14. The molecule has 0 radical (unpaired) electrons. The molecule has 100 valence electrons. The normalized spacial score (nSPS) is 15.5. The monoisotopic (exact) mass is 270 g/mol. The van der Waals surface area contributed by atoms with Crippen molar-refractivity contribution in [3.63, 3.8) is 0 Å². The van der Waals surface area contributed by atoms with E-state index < -0.39 is 10.1 Å². The molecular weight excluding hydrogens is 254 g/mol. The van der Waals surface area contributed by atoms with Crippen molar-refractivity contribution in [1.29, 1.82) is 0 Å². The zero-order chi connectivity index (χ0) is 13.2. The summed E-state index contributed by atoms with van der Waals surface area (Å²) in [4.78, 5) is 2.03. The van der Waals surface area contributed by atoms with Crippen LogP contribution in [0, 0.1) is 0 Å². The van der Waals surface area contributed by atoms with E-state index in [0.29, 0.717) is 13.0 Å². The van der Waals surface area contributed by atoms with Gasteiger partial charge in [0.25, 0.3) is 0 Å². The van der Waals surface area contributed by atoms with Gasteiger partial charge in [-0.2, -0.15) is 0 Å². The topological polar surface area (TPSA) is 80.7 Å². The number of aromatic hydroxyl groups is 1. The van der Waals surface area contributed by atoms with Gasteiger partial charge in [-0.3, -0.25) is 0 Å². The quantitative estimate of drug-likeness (QED) is 0.828. The van der Waals surface area contributed by atoms with E-state index >= 15 is 0 Å². The first-order valence-electron chi connectivity index (χ1n) is 5.97. The minimum absolute atomic E-state index is 0.286. The van der Waals surface area contributed by atoms with Gasteiger partial charge in [-0.15, -0.1) is 0 Å². The van der Waals surface area contributed by atoms with Crippen LogP contribution < -0.4 is 4.90 Å². The number of hydrogen-bond acceptors (Lipinski definition) is 5. The minimum Gasteiger partial charge on any atom is -0.748 e. The Hall–Kier alpha value is -1.27. The Morgan fingerprint density at radius 2 is 2.17 bits per heavy atom. The van der Waals surface area contributed by atoms with Crippen LogP contribution >= 0.6 is 0 Å². The number of phenols is 1. The molecule has 5 nitrogen and oxygen atoms in total. The van der Waals surface area contributed by atoms with Gasteiger partial charge in [0.1, 0.15) is 5.75 Å². The highest BCUT2D eigenvalue weighted by Gasteiger charge is 2.18. The molecule has 1 aliphatic rings. The molecule has 18 heavy (non-hydrogen) atoms. The second-order valence-electron chi connectivity index (χ2n) is 4.48. The van der Waals surface area contributed by atoms with Crippen LogP contribution in [0.2, 0.25) is 0 Å². The van der Waals surface area contributed by atoms with Crippen LogP contribution in [0.4, 0.5) is 5.69 Å². The number of phenolic OH excluding ortho intramolecular Hbond substituents is 1. The maximum atomic E-state index is 10.6. The summed E-state index contributed by atoms with van der Waals surface area (Å²) >= 11 is 0. The van der Waals surface area contributed by atoms with Gasteiger partial charge in [0.2, 0.25) is 0 Å². The molecule has 0 aliphatic carbocycles. The SMILES string of the molecule is O=S(=O)([O-])CCCN1CCCc2c(O)cccc21. The van der Waals surface area contributed by atoms with Crippen LogP contribution in [-0.4, -0.2) is 36.9 Å². The second kappa shape index (κ2) is 5.16. The van der Waals surface area contributed by atoms with Gasteiger partial charge in [-0.25, -0.2) is 8.42 Å². The molecule has 6 heteroatoms. The summed E-state index contributed by atoms with van der Waals surface area (Å²) in [6.45, 7) is 1.35. The second-order valence-corrected chi connectivity index (χ2v) is 6.00. The van der Waals surface area contributed by atoms with Crippen molar-refractivity contribution in [1.82, 2.24) is 0 Å². The first kappa shape index (κ1) is 13.2. The summed E-state index contributed by atoms with van der Waals surface area (Å²) in [5.74, 6) is -0.0499. The van der Waals surface area contributed by atoms with Gasteiger partial charge in [-0.1, -0.05) is 6.07 Å². The Morgan fingerprint density at radius 3 is 2.89 bits per heavy atom. The van der Waals surface area contributed by atoms with E-state index in [-0.39, 0.29) is 11.5 Å². The number of anilines is 1. The molecule has 1 heterocycles. The lowest BCUT2D eigenvalue weighted by Gasteiger charge is -2.31. The first-order valence-corrected chi connectivity index (χ1v) is 7.54. The summed E-state index contributed by atoms with van der Waals surface area (Å²) in [7, 11) is -4.14. The Balaban J connectivity index is 2.06. The highest BCUT2D eigenvalue weighted by Crippen LogP contribution is 2.33. The van der Waals surface area contributed by atoms with E-state index in [1.807, 2.05) is 11.0 Å². The van der Waals surface area contributed by atoms with E-state index in [1.165, 1.54) is 0 Å². The first-order chi connectivity index (χ1) is 8.47. The summed E-state index contributed by atoms with van der Waals surface area (Å²) < 4.78 is 31.7. The molecule has 0 aromatic heterocycles.